The van der Waals surface area contributed by atoms with Gasteiger partial charge in [-0.3, -0.25) is 9.69 Å². The summed E-state index contributed by atoms with van der Waals surface area (Å²) in [4.78, 5) is 28.5. The van der Waals surface area contributed by atoms with Crippen LogP contribution >= 0.6 is 0 Å². The lowest BCUT2D eigenvalue weighted by atomic mass is 10.1. The number of carbonyl (C=O) groups excluding carboxylic acids is 1. The molecule has 0 saturated carbocycles. The van der Waals surface area contributed by atoms with Crippen molar-refractivity contribution in [3.05, 3.63) is 30.9 Å². The Morgan fingerprint density at radius 3 is 3.05 bits per heavy atom. The first kappa shape index (κ1) is 13.1. The molecular weight excluding hydrogens is 250 g/mol. The number of hydrogen-bond donors (Lipinski definition) is 1. The topological polar surface area (TPSA) is 84.7 Å². The molecule has 0 fully saturated rings. The fourth-order valence-corrected chi connectivity index (χ4v) is 1.97. The first-order valence-electron chi connectivity index (χ1n) is 5.87. The molecule has 0 radical (unpaired) electrons. The second-order valence-electron chi connectivity index (χ2n) is 4.28. The van der Waals surface area contributed by atoms with Crippen molar-refractivity contribution in [3.63, 3.8) is 0 Å². The van der Waals surface area contributed by atoms with Crippen LogP contribution in [0.4, 0.5) is 4.79 Å². The molecule has 1 amide bonds. The number of ether oxygens (including phenoxy) is 1. The quantitative estimate of drug-likeness (QED) is 0.814. The molecule has 0 saturated heterocycles. The number of carboxylic acid groups (broad SMARTS) is 1. The van der Waals surface area contributed by atoms with Crippen LogP contribution in [0.25, 0.3) is 0 Å². The van der Waals surface area contributed by atoms with E-state index in [0.29, 0.717) is 12.4 Å². The summed E-state index contributed by atoms with van der Waals surface area (Å²) in [7, 11) is 0. The van der Waals surface area contributed by atoms with Gasteiger partial charge in [0.25, 0.3) is 0 Å². The van der Waals surface area contributed by atoms with E-state index >= 15 is 0 Å². The van der Waals surface area contributed by atoms with Crippen LogP contribution in [0, 0.1) is 5.92 Å². The van der Waals surface area contributed by atoms with E-state index in [1.165, 1.54) is 11.0 Å². The Bertz CT molecular complexity index is 497. The average molecular weight is 265 g/mol. The van der Waals surface area contributed by atoms with Gasteiger partial charge in [0.1, 0.15) is 12.4 Å². The van der Waals surface area contributed by atoms with Gasteiger partial charge < -0.3 is 14.4 Å². The fourth-order valence-electron chi connectivity index (χ4n) is 1.97. The minimum atomic E-state index is -0.942. The fraction of sp³-hybridized carbons (Fsp3) is 0.417. The summed E-state index contributed by atoms with van der Waals surface area (Å²) < 4.78 is 6.69. The van der Waals surface area contributed by atoms with Crippen LogP contribution < -0.4 is 0 Å². The molecule has 2 rings (SSSR count). The number of imidazole rings is 1. The van der Waals surface area contributed by atoms with E-state index in [9.17, 15) is 14.7 Å². The van der Waals surface area contributed by atoms with Crippen molar-refractivity contribution in [1.82, 2.24) is 14.5 Å². The van der Waals surface area contributed by atoms with Crippen LogP contribution in [0.5, 0.6) is 0 Å². The van der Waals surface area contributed by atoms with Crippen LogP contribution in [-0.4, -0.2) is 44.8 Å². The highest BCUT2D eigenvalue weighted by atomic mass is 16.6. The second-order valence-corrected chi connectivity index (χ2v) is 4.28. The maximum Gasteiger partial charge on any atom is 0.410 e. The summed E-state index contributed by atoms with van der Waals surface area (Å²) in [6, 6.07) is 0. The van der Waals surface area contributed by atoms with Gasteiger partial charge in [-0.2, -0.15) is 0 Å². The van der Waals surface area contributed by atoms with E-state index < -0.39 is 18.0 Å². The molecule has 7 heteroatoms. The predicted octanol–water partition coefficient (Wildman–Crippen LogP) is 0.722. The van der Waals surface area contributed by atoms with Crippen LogP contribution in [0.2, 0.25) is 0 Å². The first-order valence-corrected chi connectivity index (χ1v) is 5.87. The van der Waals surface area contributed by atoms with Gasteiger partial charge in [0, 0.05) is 25.5 Å². The minimum absolute atomic E-state index is 0.0987. The van der Waals surface area contributed by atoms with Crippen molar-refractivity contribution in [2.24, 2.45) is 5.92 Å². The van der Waals surface area contributed by atoms with Crippen LogP contribution in [-0.2, 0) is 22.6 Å². The molecule has 1 aliphatic heterocycles. The number of rotatable bonds is 3. The van der Waals surface area contributed by atoms with Gasteiger partial charge in [-0.25, -0.2) is 9.78 Å². The van der Waals surface area contributed by atoms with Crippen LogP contribution in [0.1, 0.15) is 5.82 Å². The number of aliphatic carboxylic acids is 1. The summed E-state index contributed by atoms with van der Waals surface area (Å²) in [6.07, 6.45) is 4.21. The zero-order valence-corrected chi connectivity index (χ0v) is 10.4. The van der Waals surface area contributed by atoms with Crippen molar-refractivity contribution in [2.45, 2.75) is 13.1 Å². The maximum absolute atomic E-state index is 11.8. The Hall–Kier alpha value is -2.31. The van der Waals surface area contributed by atoms with Crippen LogP contribution in [0.15, 0.2) is 25.0 Å². The normalized spacial score (nSPS) is 18.3. The largest absolute Gasteiger partial charge is 0.481 e. The Kier molecular flexibility index (Phi) is 3.84. The summed E-state index contributed by atoms with van der Waals surface area (Å²) in [6.45, 7) is 4.21. The van der Waals surface area contributed by atoms with E-state index in [0.717, 1.165) is 0 Å². The molecule has 19 heavy (non-hydrogen) atoms. The third-order valence-electron chi connectivity index (χ3n) is 2.92. The number of hydrogen-bond acceptors (Lipinski definition) is 4. The molecule has 0 aromatic carbocycles. The molecule has 102 valence electrons. The van der Waals surface area contributed by atoms with Crippen molar-refractivity contribution in [2.75, 3.05) is 13.2 Å². The van der Waals surface area contributed by atoms with Gasteiger partial charge >= 0.3 is 12.1 Å². The monoisotopic (exact) mass is 265 g/mol. The first-order chi connectivity index (χ1) is 9.11. The molecule has 0 bridgehead atoms. The number of carbonyl (C=O) groups is 2. The van der Waals surface area contributed by atoms with Gasteiger partial charge in [-0.15, -0.1) is 0 Å². The van der Waals surface area contributed by atoms with Gasteiger partial charge in [0.2, 0.25) is 0 Å². The Morgan fingerprint density at radius 2 is 2.37 bits per heavy atom. The van der Waals surface area contributed by atoms with Crippen molar-refractivity contribution < 1.29 is 19.4 Å². The summed E-state index contributed by atoms with van der Waals surface area (Å²) in [5, 5.41) is 9.17. The van der Waals surface area contributed by atoms with Gasteiger partial charge in [0.15, 0.2) is 0 Å². The van der Waals surface area contributed by atoms with Gasteiger partial charge in [-0.1, -0.05) is 12.7 Å². The summed E-state index contributed by atoms with van der Waals surface area (Å²) in [5.41, 5.74) is 0. The van der Waals surface area contributed by atoms with E-state index in [-0.39, 0.29) is 19.7 Å². The molecule has 0 spiro atoms. The predicted molar refractivity (Wildman–Crippen MR) is 65.3 cm³/mol. The lowest BCUT2D eigenvalue weighted by Gasteiger charge is -2.21. The zero-order valence-electron chi connectivity index (χ0n) is 10.4. The van der Waals surface area contributed by atoms with E-state index in [4.69, 9.17) is 4.74 Å². The SMILES string of the molecule is C=CCOC(=O)N1Cc2nccn2CC(C(=O)O)C1. The second kappa shape index (κ2) is 5.55. The molecule has 1 aromatic rings. The highest BCUT2D eigenvalue weighted by Crippen LogP contribution is 2.16. The third-order valence-corrected chi connectivity index (χ3v) is 2.92. The maximum atomic E-state index is 11.8. The third kappa shape index (κ3) is 2.93. The lowest BCUT2D eigenvalue weighted by Crippen LogP contribution is -2.37. The van der Waals surface area contributed by atoms with Crippen LogP contribution in [0.3, 0.4) is 0 Å². The number of fused-ring (bicyclic) bond motifs is 1. The molecule has 1 N–H and O–H groups in total. The van der Waals surface area contributed by atoms with E-state index in [1.807, 2.05) is 0 Å². The smallest absolute Gasteiger partial charge is 0.410 e. The molecule has 1 aromatic heterocycles. The Morgan fingerprint density at radius 1 is 1.58 bits per heavy atom. The highest BCUT2D eigenvalue weighted by molar-refractivity contribution is 5.73. The zero-order chi connectivity index (χ0) is 13.8. The van der Waals surface area contributed by atoms with Gasteiger partial charge in [0.05, 0.1) is 12.5 Å². The molecule has 2 heterocycles. The summed E-state index contributed by atoms with van der Waals surface area (Å²) >= 11 is 0. The number of nitrogens with zero attached hydrogens (tertiary/aromatic N) is 3. The number of amides is 1. The molecular formula is C12H15N3O4. The Balaban J connectivity index is 2.18. The van der Waals surface area contributed by atoms with E-state index in [1.54, 1.807) is 17.0 Å². The average Bonchev–Trinajstić information content (AvgIpc) is 2.73. The van der Waals surface area contributed by atoms with E-state index in [2.05, 4.69) is 11.6 Å². The molecule has 1 atom stereocenters. The lowest BCUT2D eigenvalue weighted by molar-refractivity contribution is -0.142. The molecule has 0 aliphatic carbocycles. The minimum Gasteiger partial charge on any atom is -0.481 e. The summed E-state index contributed by atoms with van der Waals surface area (Å²) in [5.74, 6) is -0.964. The molecule has 1 unspecified atom stereocenters. The Labute approximate surface area is 110 Å². The molecule has 7 nitrogen and oxygen atoms in total. The van der Waals surface area contributed by atoms with Crippen molar-refractivity contribution in [3.8, 4) is 0 Å². The molecule has 1 aliphatic rings. The number of carboxylic acids is 1. The van der Waals surface area contributed by atoms with Gasteiger partial charge in [-0.05, 0) is 0 Å². The highest BCUT2D eigenvalue weighted by Gasteiger charge is 2.30. The van der Waals surface area contributed by atoms with Crippen molar-refractivity contribution in [1.29, 1.82) is 0 Å². The van der Waals surface area contributed by atoms with Crippen molar-refractivity contribution >= 4 is 12.1 Å². The standard InChI is InChI=1S/C12H15N3O4/c1-2-5-19-12(18)15-7-9(11(16)17)6-14-4-3-13-10(14)8-15/h2-4,9H,1,5-8H2,(H,16,17). The number of aromatic nitrogens is 2.